The Kier molecular flexibility index (Phi) is 8.91. The number of fused-ring (bicyclic) bond motifs is 4. The van der Waals surface area contributed by atoms with Gasteiger partial charge in [0.05, 0.1) is 30.9 Å². The van der Waals surface area contributed by atoms with Crippen molar-refractivity contribution in [2.75, 3.05) is 33.7 Å². The lowest BCUT2D eigenvalue weighted by atomic mass is 9.41. The van der Waals surface area contributed by atoms with E-state index in [4.69, 9.17) is 14.2 Å². The Morgan fingerprint density at radius 2 is 1.67 bits per heavy atom. The van der Waals surface area contributed by atoms with Crippen LogP contribution in [0, 0.1) is 56.7 Å². The molecule has 13 atom stereocenters. The second-order valence-corrected chi connectivity index (χ2v) is 19.6. The molecule has 290 valence electrons. The Hall–Kier alpha value is -1.79. The third-order valence-corrected chi connectivity index (χ3v) is 16.3. The zero-order valence-electron chi connectivity index (χ0n) is 32.1. The van der Waals surface area contributed by atoms with E-state index in [9.17, 15) is 27.9 Å². The minimum Gasteiger partial charge on any atom is -0.446 e. The second kappa shape index (κ2) is 12.1. The maximum absolute atomic E-state index is 13.0. The number of hydrogen-bond acceptors (Lipinski definition) is 7. The first-order chi connectivity index (χ1) is 23.6. The zero-order valence-corrected chi connectivity index (χ0v) is 32.1. The highest BCUT2D eigenvalue weighted by Crippen LogP contribution is 2.89. The fourth-order valence-corrected chi connectivity index (χ4v) is 14.0. The SMILES string of the molecule is CC(C)[C@@H](OC(=O)N(C)C)C1C[C@@H](C)[C@H]2C(O1)[C@H](O)[C@@]1(C)C3CC[C@H]4C(C)(C)C(OC(=O)NC5CN(CC(F)(F)F)C5)CC[C@@]45C[C@@]35CC[C@]21C. The lowest BCUT2D eigenvalue weighted by molar-refractivity contribution is -0.185. The fraction of sp³-hybridized carbons (Fsp3) is 0.949. The molecule has 4 unspecified atom stereocenters. The number of halogens is 3. The van der Waals surface area contributed by atoms with Gasteiger partial charge in [-0.05, 0) is 97.2 Å². The van der Waals surface area contributed by atoms with Crippen LogP contribution in [0.4, 0.5) is 22.8 Å². The molecule has 7 fully saturated rings. The summed E-state index contributed by atoms with van der Waals surface area (Å²) < 4.78 is 57.2. The Labute approximate surface area is 302 Å². The van der Waals surface area contributed by atoms with Crippen LogP contribution >= 0.6 is 0 Å². The number of carbonyl (C=O) groups is 2. The van der Waals surface area contributed by atoms with Crippen LogP contribution in [0.1, 0.15) is 99.8 Å². The van der Waals surface area contributed by atoms with Gasteiger partial charge in [0.15, 0.2) is 0 Å². The van der Waals surface area contributed by atoms with E-state index in [1.807, 2.05) is 0 Å². The van der Waals surface area contributed by atoms with Crippen molar-refractivity contribution < 1.29 is 42.1 Å². The van der Waals surface area contributed by atoms with Gasteiger partial charge in [0.2, 0.25) is 0 Å². The van der Waals surface area contributed by atoms with E-state index < -0.39 is 31.0 Å². The third-order valence-electron chi connectivity index (χ3n) is 16.3. The number of rotatable bonds is 6. The first-order valence-electron chi connectivity index (χ1n) is 19.6. The van der Waals surface area contributed by atoms with Gasteiger partial charge < -0.3 is 29.5 Å². The van der Waals surface area contributed by atoms with Gasteiger partial charge in [0.1, 0.15) is 12.2 Å². The quantitative estimate of drug-likeness (QED) is 0.309. The summed E-state index contributed by atoms with van der Waals surface area (Å²) in [7, 11) is 3.38. The third kappa shape index (κ3) is 5.47. The van der Waals surface area contributed by atoms with Crippen molar-refractivity contribution in [3.8, 4) is 0 Å². The Morgan fingerprint density at radius 1 is 1.02 bits per heavy atom. The Morgan fingerprint density at radius 3 is 2.29 bits per heavy atom. The summed E-state index contributed by atoms with van der Waals surface area (Å²) in [6, 6.07) is -0.329. The molecular weight excluding hydrogens is 663 g/mol. The molecule has 2 heterocycles. The summed E-state index contributed by atoms with van der Waals surface area (Å²) in [4.78, 5) is 28.4. The van der Waals surface area contributed by atoms with Crippen molar-refractivity contribution in [1.82, 2.24) is 15.1 Å². The second-order valence-electron chi connectivity index (χ2n) is 19.6. The molecule has 2 spiro atoms. The average Bonchev–Trinajstić information content (AvgIpc) is 3.64. The van der Waals surface area contributed by atoms with E-state index in [0.717, 1.165) is 51.4 Å². The van der Waals surface area contributed by atoms with Crippen molar-refractivity contribution >= 4 is 12.2 Å². The van der Waals surface area contributed by atoms with Gasteiger partial charge in [0, 0.05) is 38.0 Å². The molecule has 2 amide bonds. The molecule has 7 aliphatic rings. The largest absolute Gasteiger partial charge is 0.446 e. The summed E-state index contributed by atoms with van der Waals surface area (Å²) in [5.41, 5.74) is -0.380. The molecule has 5 aliphatic carbocycles. The van der Waals surface area contributed by atoms with E-state index in [1.54, 1.807) is 14.1 Å². The fourth-order valence-electron chi connectivity index (χ4n) is 14.0. The Bertz CT molecular complexity index is 1390. The predicted octanol–water partition coefficient (Wildman–Crippen LogP) is 6.86. The average molecular weight is 726 g/mol. The van der Waals surface area contributed by atoms with Crippen molar-refractivity contribution in [2.45, 2.75) is 143 Å². The first kappa shape index (κ1) is 37.5. The van der Waals surface area contributed by atoms with E-state index >= 15 is 0 Å². The van der Waals surface area contributed by atoms with Crippen LogP contribution in [0.2, 0.25) is 0 Å². The molecular formula is C39H62F3N3O6. The van der Waals surface area contributed by atoms with Crippen LogP contribution in [0.5, 0.6) is 0 Å². The predicted molar refractivity (Wildman–Crippen MR) is 185 cm³/mol. The molecule has 12 heteroatoms. The standard InChI is InChI=1S/C39H62F3N3O6/c1-21(2)29(51-33(48)44(8)9)24-16-22(3)28-30(49-24)31(46)36(7)26-11-10-25-34(4,5)27(12-13-37(25)19-38(26,37)15-14-35(28,36)6)50-32(47)43-23-17-45(18-23)20-39(40,41)42/h21-31,46H,10-20H2,1-9H3,(H,43,47)/t22-,24?,25+,26?,27?,28+,29-,30?,31+,35-,36-,37-,38+/m1/s1. The molecule has 2 aliphatic heterocycles. The number of carbonyl (C=O) groups excluding carboxylic acids is 2. The molecule has 0 aromatic rings. The van der Waals surface area contributed by atoms with Gasteiger partial charge in [0.25, 0.3) is 0 Å². The summed E-state index contributed by atoms with van der Waals surface area (Å²) in [6.45, 7) is 15.1. The zero-order chi connectivity index (χ0) is 37.3. The highest BCUT2D eigenvalue weighted by molar-refractivity contribution is 5.68. The van der Waals surface area contributed by atoms with Crippen molar-refractivity contribution in [1.29, 1.82) is 0 Å². The summed E-state index contributed by atoms with van der Waals surface area (Å²) in [5.74, 6) is 1.33. The number of aliphatic hydroxyl groups is 1. The number of alkyl halides is 3. The van der Waals surface area contributed by atoms with Gasteiger partial charge in [-0.1, -0.05) is 48.5 Å². The van der Waals surface area contributed by atoms with Gasteiger partial charge >= 0.3 is 18.4 Å². The summed E-state index contributed by atoms with van der Waals surface area (Å²) in [6.07, 6.45) is 0.883. The van der Waals surface area contributed by atoms with Crippen LogP contribution < -0.4 is 5.32 Å². The van der Waals surface area contributed by atoms with Gasteiger partial charge in [-0.3, -0.25) is 4.90 Å². The molecule has 9 nitrogen and oxygen atoms in total. The van der Waals surface area contributed by atoms with Crippen LogP contribution in [0.25, 0.3) is 0 Å². The number of likely N-dealkylation sites (tertiary alicyclic amines) is 1. The van der Waals surface area contributed by atoms with Crippen molar-refractivity contribution in [2.24, 2.45) is 56.7 Å². The van der Waals surface area contributed by atoms with Crippen molar-refractivity contribution in [3.05, 3.63) is 0 Å². The van der Waals surface area contributed by atoms with E-state index in [-0.39, 0.29) is 82.4 Å². The molecule has 2 N–H and O–H groups in total. The number of alkyl carbamates (subject to hydrolysis) is 1. The molecule has 5 saturated carbocycles. The van der Waals surface area contributed by atoms with E-state index in [1.165, 1.54) is 9.80 Å². The first-order valence-corrected chi connectivity index (χ1v) is 19.6. The van der Waals surface area contributed by atoms with Gasteiger partial charge in [-0.25, -0.2) is 9.59 Å². The minimum atomic E-state index is -4.24. The van der Waals surface area contributed by atoms with E-state index in [2.05, 4.69) is 53.8 Å². The summed E-state index contributed by atoms with van der Waals surface area (Å²) in [5, 5.41) is 15.4. The number of ether oxygens (including phenoxy) is 3. The molecule has 51 heavy (non-hydrogen) atoms. The highest BCUT2D eigenvalue weighted by atomic mass is 19.4. The number of amides is 2. The maximum atomic E-state index is 13.0. The molecule has 0 aromatic heterocycles. The van der Waals surface area contributed by atoms with Gasteiger partial charge in [-0.2, -0.15) is 13.2 Å². The van der Waals surface area contributed by atoms with Crippen molar-refractivity contribution in [3.63, 3.8) is 0 Å². The number of nitrogens with one attached hydrogen (secondary N) is 1. The molecule has 0 aromatic carbocycles. The normalized spacial score (nSPS) is 46.3. The maximum Gasteiger partial charge on any atom is 0.409 e. The van der Waals surface area contributed by atoms with Crippen LogP contribution in [-0.2, 0) is 14.2 Å². The van der Waals surface area contributed by atoms with Crippen LogP contribution in [0.15, 0.2) is 0 Å². The number of nitrogens with zero attached hydrogens (tertiary/aromatic N) is 2. The Balaban J connectivity index is 1.06. The number of aliphatic hydroxyl groups excluding tert-OH is 1. The smallest absolute Gasteiger partial charge is 0.409 e. The summed E-state index contributed by atoms with van der Waals surface area (Å²) >= 11 is 0. The lowest BCUT2D eigenvalue weighted by Crippen LogP contribution is -2.62. The van der Waals surface area contributed by atoms with Gasteiger partial charge in [-0.15, -0.1) is 0 Å². The molecule has 2 saturated heterocycles. The number of hydrogen-bond donors (Lipinski definition) is 2. The lowest BCUT2D eigenvalue weighted by Gasteiger charge is -2.63. The van der Waals surface area contributed by atoms with E-state index in [0.29, 0.717) is 17.8 Å². The highest BCUT2D eigenvalue weighted by Gasteiger charge is 2.84. The molecule has 0 radical (unpaired) electrons. The molecule has 0 bridgehead atoms. The van der Waals surface area contributed by atoms with Crippen LogP contribution in [-0.4, -0.2) is 104 Å². The monoisotopic (exact) mass is 725 g/mol. The topological polar surface area (TPSA) is 101 Å². The minimum absolute atomic E-state index is 0.0693. The molecule has 7 rings (SSSR count). The van der Waals surface area contributed by atoms with Crippen LogP contribution in [0.3, 0.4) is 0 Å².